The molecule has 2 saturated heterocycles. The van der Waals surface area contributed by atoms with Crippen LogP contribution in [0.1, 0.15) is 69.8 Å². The minimum Gasteiger partial charge on any atom is -0.494 e. The Balaban J connectivity index is 0.935. The number of carbonyl (C=O) groups is 4. The normalized spacial score (nSPS) is 17.3. The number of amides is 4. The molecule has 0 radical (unpaired) electrons. The van der Waals surface area contributed by atoms with E-state index in [1.54, 1.807) is 37.6 Å². The first-order valence-electron chi connectivity index (χ1n) is 22.3. The number of pyridine rings is 1. The molecule has 3 N–H and O–H groups in total. The number of β-amino-alcohol motifs (C(OH)–C–C–N with tert-alkyl or cyclic N) is 1. The number of methoxy groups -OCH3 is 1. The van der Waals surface area contributed by atoms with E-state index in [9.17, 15) is 42.7 Å². The van der Waals surface area contributed by atoms with Gasteiger partial charge in [0.15, 0.2) is 10.9 Å². The summed E-state index contributed by atoms with van der Waals surface area (Å²) in [5, 5.41) is 25.0. The van der Waals surface area contributed by atoms with Crippen LogP contribution in [-0.2, 0) is 41.4 Å². The predicted molar refractivity (Wildman–Crippen MR) is 257 cm³/mol. The number of aliphatic hydroxyl groups excluding tert-OH is 1. The van der Waals surface area contributed by atoms with Crippen molar-refractivity contribution in [2.75, 3.05) is 56.5 Å². The summed E-state index contributed by atoms with van der Waals surface area (Å²) >= 11 is 7.07. The molecule has 3 atom stereocenters. The Bertz CT molecular complexity index is 2670. The van der Waals surface area contributed by atoms with Crippen molar-refractivity contribution in [2.24, 2.45) is 5.41 Å². The van der Waals surface area contributed by atoms with E-state index in [0.717, 1.165) is 33.8 Å². The van der Waals surface area contributed by atoms with Gasteiger partial charge in [-0.15, -0.1) is 11.3 Å². The summed E-state index contributed by atoms with van der Waals surface area (Å²) in [4.78, 5) is 67.0. The van der Waals surface area contributed by atoms with Gasteiger partial charge in [0, 0.05) is 38.6 Å². The molecule has 2 aliphatic heterocycles. The minimum absolute atomic E-state index is 0.0484. The molecular formula is C48H54F4N8O9S2. The van der Waals surface area contributed by atoms with Crippen molar-refractivity contribution in [1.29, 1.82) is 5.26 Å². The van der Waals surface area contributed by atoms with E-state index in [2.05, 4.69) is 20.6 Å². The van der Waals surface area contributed by atoms with Gasteiger partial charge in [0.2, 0.25) is 23.6 Å². The number of nitrogens with zero attached hydrogens (tertiary/aromatic N) is 6. The molecule has 4 amide bonds. The summed E-state index contributed by atoms with van der Waals surface area (Å²) in [6, 6.07) is 10.2. The quantitative estimate of drug-likeness (QED) is 0.0553. The zero-order valence-corrected chi connectivity index (χ0v) is 41.6. The zero-order valence-electron chi connectivity index (χ0n) is 40.0. The van der Waals surface area contributed by atoms with Crippen molar-refractivity contribution in [3.8, 4) is 28.1 Å². The fourth-order valence-corrected chi connectivity index (χ4v) is 9.37. The summed E-state index contributed by atoms with van der Waals surface area (Å²) in [7, 11) is 1.33. The predicted octanol–water partition coefficient (Wildman–Crippen LogP) is 6.08. The number of carbonyl (C=O) groups excluding carboxylic acids is 4. The summed E-state index contributed by atoms with van der Waals surface area (Å²) in [5.41, 5.74) is -1.11. The molecule has 2 aromatic heterocycles. The third kappa shape index (κ3) is 12.2. The summed E-state index contributed by atoms with van der Waals surface area (Å²) < 4.78 is 79.3. The second kappa shape index (κ2) is 22.4. The Labute approximate surface area is 417 Å². The average Bonchev–Trinajstić information content (AvgIpc) is 3.98. The molecule has 2 aliphatic rings. The molecule has 17 nitrogen and oxygen atoms in total. The van der Waals surface area contributed by atoms with E-state index < -0.39 is 81.6 Å². The lowest BCUT2D eigenvalue weighted by atomic mass is 9.85. The molecule has 0 unspecified atom stereocenters. The molecule has 4 heterocycles. The van der Waals surface area contributed by atoms with Crippen LogP contribution < -0.4 is 29.9 Å². The van der Waals surface area contributed by atoms with Gasteiger partial charge < -0.3 is 39.6 Å². The number of rotatable bonds is 19. The molecule has 23 heteroatoms. The van der Waals surface area contributed by atoms with Gasteiger partial charge in [-0.2, -0.15) is 18.4 Å². The minimum atomic E-state index is -5.23. The SMILES string of the molecule is COc1cc(OCCCOCCOCC(=O)N[C@H](C(=O)N2C[C@H](O)C[C@H]2C(=O)NCc2ccc(-c3scnc3C)cc2)C(C)(C)C)ncc1N1C(=S)N(c2ccc(C#N)c(C(F)(F)F)c2F)C(=O)C1(C)C. The average molecular weight is 1030 g/mol. The summed E-state index contributed by atoms with van der Waals surface area (Å²) in [5.74, 6) is -3.90. The van der Waals surface area contributed by atoms with Crippen LogP contribution in [-0.4, -0.2) is 119 Å². The number of alkyl halides is 3. The molecule has 6 rings (SSSR count). The monoisotopic (exact) mass is 1030 g/mol. The van der Waals surface area contributed by atoms with Gasteiger partial charge in [-0.05, 0) is 61.7 Å². The molecular weight excluding hydrogens is 973 g/mol. The Kier molecular flexibility index (Phi) is 17.0. The highest BCUT2D eigenvalue weighted by molar-refractivity contribution is 7.81. The van der Waals surface area contributed by atoms with Crippen molar-refractivity contribution in [1.82, 2.24) is 25.5 Å². The fraction of sp³-hybridized carbons (Fsp3) is 0.458. The zero-order chi connectivity index (χ0) is 52.0. The van der Waals surface area contributed by atoms with Gasteiger partial charge in [0.1, 0.15) is 41.2 Å². The Morgan fingerprint density at radius 3 is 2.38 bits per heavy atom. The number of hydrogen-bond acceptors (Lipinski definition) is 14. The van der Waals surface area contributed by atoms with Crippen molar-refractivity contribution in [3.63, 3.8) is 0 Å². The number of aryl methyl sites for hydroxylation is 1. The molecule has 0 spiro atoms. The molecule has 0 saturated carbocycles. The molecule has 0 bridgehead atoms. The number of likely N-dealkylation sites (tertiary alicyclic amines) is 1. The molecule has 0 aliphatic carbocycles. The van der Waals surface area contributed by atoms with Crippen LogP contribution in [0.2, 0.25) is 0 Å². The van der Waals surface area contributed by atoms with Crippen LogP contribution in [0.25, 0.3) is 10.4 Å². The van der Waals surface area contributed by atoms with Crippen LogP contribution in [0.15, 0.2) is 54.2 Å². The van der Waals surface area contributed by atoms with E-state index in [1.165, 1.54) is 49.1 Å². The third-order valence-electron chi connectivity index (χ3n) is 11.7. The molecule has 380 valence electrons. The van der Waals surface area contributed by atoms with E-state index in [-0.39, 0.29) is 75.0 Å². The number of aliphatic hydroxyl groups is 1. The van der Waals surface area contributed by atoms with Crippen LogP contribution in [0.5, 0.6) is 11.6 Å². The lowest BCUT2D eigenvalue weighted by molar-refractivity contribution is -0.144. The van der Waals surface area contributed by atoms with Crippen molar-refractivity contribution < 1.29 is 60.8 Å². The molecule has 4 aromatic rings. The van der Waals surface area contributed by atoms with Crippen LogP contribution >= 0.6 is 23.6 Å². The van der Waals surface area contributed by atoms with Crippen molar-refractivity contribution in [2.45, 2.75) is 90.8 Å². The van der Waals surface area contributed by atoms with Crippen LogP contribution in [0.4, 0.5) is 28.9 Å². The second-order valence-electron chi connectivity index (χ2n) is 18.3. The standard InChI is InChI=1S/C48H54F4N8O9S2/c1-27-40(71-26-56-27)29-11-9-28(10-12-29)22-55-42(63)33-19-31(61)24-58(33)43(64)41(46(2,3)4)57-36(62)25-68-18-17-67-15-8-16-69-37-20-35(66-7)34(23-54-37)60-45(70)59(44(65)47(60,5)6)32-14-13-30(21-53)38(39(32)49)48(50,51)52/h9-14,20,23,26,31,33,41,61H,8,15-19,22,24-25H2,1-7H3,(H,55,63)(H,57,62)/t31-,33+,41-/m1/s1. The first kappa shape index (κ1) is 54.0. The molecule has 2 fully saturated rings. The number of halogens is 4. The Morgan fingerprint density at radius 2 is 1.75 bits per heavy atom. The maximum Gasteiger partial charge on any atom is 0.420 e. The lowest BCUT2D eigenvalue weighted by Crippen LogP contribution is -2.58. The number of thiocarbonyl (C=S) groups is 1. The lowest BCUT2D eigenvalue weighted by Gasteiger charge is -2.35. The number of nitriles is 1. The van der Waals surface area contributed by atoms with E-state index in [0.29, 0.717) is 11.3 Å². The van der Waals surface area contributed by atoms with Crippen LogP contribution in [0, 0.1) is 29.5 Å². The smallest absolute Gasteiger partial charge is 0.420 e. The molecule has 2 aromatic carbocycles. The highest BCUT2D eigenvalue weighted by Gasteiger charge is 2.53. The fourth-order valence-electron chi connectivity index (χ4n) is 8.05. The Morgan fingerprint density at radius 1 is 1.04 bits per heavy atom. The van der Waals surface area contributed by atoms with Gasteiger partial charge in [0.05, 0.1) is 72.6 Å². The van der Waals surface area contributed by atoms with Gasteiger partial charge in [-0.25, -0.2) is 14.4 Å². The van der Waals surface area contributed by atoms with E-state index in [4.69, 9.17) is 31.2 Å². The maximum atomic E-state index is 15.5. The number of ether oxygens (including phenoxy) is 4. The van der Waals surface area contributed by atoms with Crippen LogP contribution in [0.3, 0.4) is 0 Å². The van der Waals surface area contributed by atoms with E-state index >= 15 is 4.39 Å². The second-order valence-corrected chi connectivity index (χ2v) is 19.5. The molecule has 71 heavy (non-hydrogen) atoms. The first-order chi connectivity index (χ1) is 33.5. The van der Waals surface area contributed by atoms with Crippen molar-refractivity contribution in [3.05, 3.63) is 82.4 Å². The summed E-state index contributed by atoms with van der Waals surface area (Å²) in [6.45, 7) is 10.5. The first-order valence-corrected chi connectivity index (χ1v) is 23.6. The summed E-state index contributed by atoms with van der Waals surface area (Å²) in [6.07, 6.45) is -4.41. The number of aromatic nitrogens is 2. The van der Waals surface area contributed by atoms with Gasteiger partial charge in [0.25, 0.3) is 5.91 Å². The number of thiazole rings is 1. The third-order valence-corrected chi connectivity index (χ3v) is 13.1. The topological polar surface area (TPSA) is 209 Å². The maximum absolute atomic E-state index is 15.5. The number of benzene rings is 2. The Hall–Kier alpha value is -6.32. The van der Waals surface area contributed by atoms with Gasteiger partial charge in [-0.1, -0.05) is 45.0 Å². The number of hydrogen-bond donors (Lipinski definition) is 3. The van der Waals surface area contributed by atoms with E-state index in [1.807, 2.05) is 31.2 Å². The van der Waals surface area contributed by atoms with Gasteiger partial charge >= 0.3 is 6.18 Å². The number of anilines is 2. The largest absolute Gasteiger partial charge is 0.494 e. The number of nitrogens with one attached hydrogen (secondary N) is 2. The highest BCUT2D eigenvalue weighted by atomic mass is 32.1. The van der Waals surface area contributed by atoms with Crippen molar-refractivity contribution >= 4 is 63.7 Å². The highest BCUT2D eigenvalue weighted by Crippen LogP contribution is 2.44. The van der Waals surface area contributed by atoms with Gasteiger partial charge in [-0.3, -0.25) is 29.0 Å².